The van der Waals surface area contributed by atoms with Gasteiger partial charge in [-0.3, -0.25) is 4.98 Å². The highest BCUT2D eigenvalue weighted by Gasteiger charge is 2.20. The van der Waals surface area contributed by atoms with Crippen molar-refractivity contribution in [1.29, 1.82) is 0 Å². The van der Waals surface area contributed by atoms with Crippen LogP contribution in [0.2, 0.25) is 5.02 Å². The van der Waals surface area contributed by atoms with Crippen molar-refractivity contribution >= 4 is 11.6 Å². The molecule has 4 aromatic carbocycles. The summed E-state index contributed by atoms with van der Waals surface area (Å²) in [5, 5.41) is 0.669. The third-order valence-electron chi connectivity index (χ3n) is 6.86. The normalized spacial score (nSPS) is 10.9. The fourth-order valence-corrected chi connectivity index (χ4v) is 4.99. The maximum absolute atomic E-state index is 6.85. The number of halogens is 1. The minimum atomic E-state index is 0.603. The molecule has 0 aliphatic rings. The predicted molar refractivity (Wildman–Crippen MR) is 159 cm³/mol. The molecule has 6 rings (SSSR count). The second-order valence-electron chi connectivity index (χ2n) is 9.36. The smallest absolute Gasteiger partial charge is 0.164 e. The van der Waals surface area contributed by atoms with Gasteiger partial charge < -0.3 is 0 Å². The van der Waals surface area contributed by atoms with Crippen molar-refractivity contribution in [3.8, 4) is 56.5 Å². The van der Waals surface area contributed by atoms with E-state index in [1.54, 1.807) is 0 Å². The average molecular weight is 525 g/mol. The number of hydrogen-bond acceptors (Lipinski definition) is 4. The summed E-state index contributed by atoms with van der Waals surface area (Å²) in [6, 6.07) is 36.4. The van der Waals surface area contributed by atoms with Crippen molar-refractivity contribution in [3.05, 3.63) is 132 Å². The summed E-state index contributed by atoms with van der Waals surface area (Å²) < 4.78 is 0. The van der Waals surface area contributed by atoms with Crippen LogP contribution in [0.1, 0.15) is 11.1 Å². The minimum Gasteiger partial charge on any atom is -0.256 e. The largest absolute Gasteiger partial charge is 0.256 e. The van der Waals surface area contributed by atoms with Crippen LogP contribution in [0.15, 0.2) is 115 Å². The lowest BCUT2D eigenvalue weighted by Crippen LogP contribution is -2.03. The third kappa shape index (κ3) is 4.95. The maximum atomic E-state index is 6.85. The zero-order valence-corrected chi connectivity index (χ0v) is 22.4. The quantitative estimate of drug-likeness (QED) is 0.226. The van der Waals surface area contributed by atoms with Gasteiger partial charge in [-0.15, -0.1) is 0 Å². The van der Waals surface area contributed by atoms with Crippen molar-refractivity contribution in [3.63, 3.8) is 0 Å². The van der Waals surface area contributed by atoms with Crippen LogP contribution in [0.5, 0.6) is 0 Å². The van der Waals surface area contributed by atoms with Crippen LogP contribution in [-0.4, -0.2) is 19.9 Å². The molecule has 0 atom stereocenters. The van der Waals surface area contributed by atoms with E-state index in [4.69, 9.17) is 26.6 Å². The zero-order chi connectivity index (χ0) is 26.8. The van der Waals surface area contributed by atoms with E-state index in [0.717, 1.165) is 50.2 Å². The second kappa shape index (κ2) is 10.6. The first-order chi connectivity index (χ1) is 19.1. The van der Waals surface area contributed by atoms with Crippen LogP contribution >= 0.6 is 11.6 Å². The Hall–Kier alpha value is -4.67. The summed E-state index contributed by atoms with van der Waals surface area (Å²) in [5.41, 5.74) is 8.89. The van der Waals surface area contributed by atoms with Crippen LogP contribution in [0.3, 0.4) is 0 Å². The molecule has 0 fully saturated rings. The molecule has 0 aliphatic heterocycles. The van der Waals surface area contributed by atoms with Crippen molar-refractivity contribution in [1.82, 2.24) is 19.9 Å². The Kier molecular flexibility index (Phi) is 6.70. The van der Waals surface area contributed by atoms with Crippen LogP contribution in [0, 0.1) is 13.8 Å². The van der Waals surface area contributed by atoms with Gasteiger partial charge in [0.05, 0.1) is 5.69 Å². The van der Waals surface area contributed by atoms with Gasteiger partial charge in [-0.25, -0.2) is 15.0 Å². The fourth-order valence-electron chi connectivity index (χ4n) is 4.79. The fraction of sp³-hybridized carbons (Fsp3) is 0.0588. The van der Waals surface area contributed by atoms with Crippen LogP contribution < -0.4 is 0 Å². The predicted octanol–water partition coefficient (Wildman–Crippen LogP) is 8.87. The molecule has 2 aromatic heterocycles. The van der Waals surface area contributed by atoms with Gasteiger partial charge >= 0.3 is 0 Å². The molecule has 4 nitrogen and oxygen atoms in total. The Bertz CT molecular complexity index is 1690. The van der Waals surface area contributed by atoms with Gasteiger partial charge in [0.1, 0.15) is 0 Å². The molecule has 6 aromatic rings. The topological polar surface area (TPSA) is 51.6 Å². The number of hydrogen-bond donors (Lipinski definition) is 0. The highest BCUT2D eigenvalue weighted by atomic mass is 35.5. The molecule has 2 heterocycles. The Morgan fingerprint density at radius 3 is 1.62 bits per heavy atom. The van der Waals surface area contributed by atoms with Crippen LogP contribution in [0.25, 0.3) is 56.5 Å². The lowest BCUT2D eigenvalue weighted by Gasteiger charge is -2.17. The highest BCUT2D eigenvalue weighted by Crippen LogP contribution is 2.38. The number of benzene rings is 4. The second-order valence-corrected chi connectivity index (χ2v) is 9.77. The van der Waals surface area contributed by atoms with Gasteiger partial charge in [-0.05, 0) is 54.3 Å². The van der Waals surface area contributed by atoms with E-state index in [1.807, 2.05) is 98.0 Å². The van der Waals surface area contributed by atoms with Gasteiger partial charge in [-0.1, -0.05) is 103 Å². The van der Waals surface area contributed by atoms with E-state index in [9.17, 15) is 0 Å². The number of aromatic nitrogens is 4. The van der Waals surface area contributed by atoms with E-state index in [0.29, 0.717) is 22.5 Å². The van der Waals surface area contributed by atoms with Gasteiger partial charge in [0.25, 0.3) is 0 Å². The molecule has 0 saturated heterocycles. The Morgan fingerprint density at radius 1 is 0.513 bits per heavy atom. The first-order valence-corrected chi connectivity index (χ1v) is 13.1. The first kappa shape index (κ1) is 24.7. The van der Waals surface area contributed by atoms with Crippen LogP contribution in [-0.2, 0) is 0 Å². The molecule has 0 radical (unpaired) electrons. The summed E-state index contributed by atoms with van der Waals surface area (Å²) >= 11 is 6.85. The number of rotatable bonds is 5. The maximum Gasteiger partial charge on any atom is 0.164 e. The molecule has 188 valence electrons. The SMILES string of the molecule is Cc1c(Cl)cc(-c2ccc(-c3ccccn3)cc2)c(C)c1-c1nc(-c2ccccc2)nc(-c2ccccc2)n1. The van der Waals surface area contributed by atoms with E-state index in [2.05, 4.69) is 36.2 Å². The van der Waals surface area contributed by atoms with E-state index in [-0.39, 0.29) is 0 Å². The Morgan fingerprint density at radius 2 is 1.05 bits per heavy atom. The molecule has 0 spiro atoms. The van der Waals surface area contributed by atoms with Crippen molar-refractivity contribution in [2.45, 2.75) is 13.8 Å². The monoisotopic (exact) mass is 524 g/mol. The standard InChI is InChI=1S/C34H25ClN4/c1-22-28(24-16-18-25(19-17-24)30-15-9-10-20-36-30)21-29(35)23(2)31(22)34-38-32(26-11-5-3-6-12-26)37-33(39-34)27-13-7-4-8-14-27/h3-21H,1-2H3. The lowest BCUT2D eigenvalue weighted by molar-refractivity contribution is 1.07. The molecule has 0 unspecified atom stereocenters. The molecular weight excluding hydrogens is 500 g/mol. The van der Waals surface area contributed by atoms with E-state index >= 15 is 0 Å². The lowest BCUT2D eigenvalue weighted by atomic mass is 9.92. The molecular formula is C34H25ClN4. The average Bonchev–Trinajstić information content (AvgIpc) is 3.00. The number of pyridine rings is 1. The van der Waals surface area contributed by atoms with Crippen molar-refractivity contribution < 1.29 is 0 Å². The van der Waals surface area contributed by atoms with Gasteiger partial charge in [0.15, 0.2) is 17.5 Å². The Balaban J connectivity index is 1.52. The zero-order valence-electron chi connectivity index (χ0n) is 21.6. The summed E-state index contributed by atoms with van der Waals surface area (Å²) in [6.07, 6.45) is 1.81. The van der Waals surface area contributed by atoms with Gasteiger partial charge in [-0.2, -0.15) is 0 Å². The molecule has 0 saturated carbocycles. The summed E-state index contributed by atoms with van der Waals surface area (Å²) in [5.74, 6) is 1.85. The van der Waals surface area contributed by atoms with Crippen molar-refractivity contribution in [2.75, 3.05) is 0 Å². The van der Waals surface area contributed by atoms with Crippen LogP contribution in [0.4, 0.5) is 0 Å². The number of nitrogens with zero attached hydrogens (tertiary/aromatic N) is 4. The molecule has 0 N–H and O–H groups in total. The third-order valence-corrected chi connectivity index (χ3v) is 7.26. The van der Waals surface area contributed by atoms with Crippen molar-refractivity contribution in [2.24, 2.45) is 0 Å². The van der Waals surface area contributed by atoms with Gasteiger partial charge in [0.2, 0.25) is 0 Å². The first-order valence-electron chi connectivity index (χ1n) is 12.8. The molecule has 39 heavy (non-hydrogen) atoms. The van der Waals surface area contributed by atoms with E-state index < -0.39 is 0 Å². The molecule has 0 aliphatic carbocycles. The molecule has 0 amide bonds. The summed E-state index contributed by atoms with van der Waals surface area (Å²) in [4.78, 5) is 19.2. The van der Waals surface area contributed by atoms with E-state index in [1.165, 1.54) is 0 Å². The summed E-state index contributed by atoms with van der Waals surface area (Å²) in [6.45, 7) is 4.13. The highest BCUT2D eigenvalue weighted by molar-refractivity contribution is 6.32. The molecule has 5 heteroatoms. The molecule has 0 bridgehead atoms. The Labute approximate surface area is 233 Å². The summed E-state index contributed by atoms with van der Waals surface area (Å²) in [7, 11) is 0. The van der Waals surface area contributed by atoms with Gasteiger partial charge in [0, 0.05) is 33.5 Å². The minimum absolute atomic E-state index is 0.603.